The molecule has 3 heterocycles. The average Bonchev–Trinajstić information content (AvgIpc) is 3.42. The van der Waals surface area contributed by atoms with Gasteiger partial charge in [-0.05, 0) is 74.8 Å². The number of fused-ring (bicyclic) bond motifs is 3. The van der Waals surface area contributed by atoms with Crippen LogP contribution in [0.15, 0.2) is 72.4 Å². The van der Waals surface area contributed by atoms with Crippen LogP contribution in [-0.2, 0) is 12.0 Å². The summed E-state index contributed by atoms with van der Waals surface area (Å²) in [6.07, 6.45) is 11.0. The molecule has 1 N–H and O–H groups in total. The van der Waals surface area contributed by atoms with Gasteiger partial charge in [0, 0.05) is 12.0 Å². The first kappa shape index (κ1) is 20.9. The van der Waals surface area contributed by atoms with Gasteiger partial charge in [0.05, 0.1) is 17.3 Å². The first-order chi connectivity index (χ1) is 15.4. The number of nitrogens with zero attached hydrogens (tertiary/aromatic N) is 3. The minimum Gasteiger partial charge on any atom is -0.386 e. The summed E-state index contributed by atoms with van der Waals surface area (Å²) < 4.78 is 2.35. The lowest BCUT2D eigenvalue weighted by Gasteiger charge is -2.21. The van der Waals surface area contributed by atoms with Crippen molar-refractivity contribution < 1.29 is 5.11 Å². The second kappa shape index (κ2) is 7.86. The van der Waals surface area contributed by atoms with Crippen LogP contribution < -0.4 is 0 Å². The number of aryl methyl sites for hydroxylation is 1. The fourth-order valence-electron chi connectivity index (χ4n) is 4.98. The van der Waals surface area contributed by atoms with Gasteiger partial charge < -0.3 is 9.67 Å². The highest BCUT2D eigenvalue weighted by Gasteiger charge is 2.35. The third-order valence-electron chi connectivity index (χ3n) is 6.77. The monoisotopic (exact) mass is 425 g/mol. The number of aliphatic hydroxyl groups is 1. The quantitative estimate of drug-likeness (QED) is 0.473. The maximum Gasteiger partial charge on any atom is 0.161 e. The molecule has 0 saturated heterocycles. The van der Waals surface area contributed by atoms with Gasteiger partial charge in [-0.2, -0.15) is 0 Å². The highest BCUT2D eigenvalue weighted by molar-refractivity contribution is 5.77. The van der Waals surface area contributed by atoms with E-state index in [2.05, 4.69) is 36.3 Å². The molecule has 0 spiro atoms. The molecular weight excluding hydrogens is 394 g/mol. The minimum absolute atomic E-state index is 0.250. The molecule has 4 heteroatoms. The van der Waals surface area contributed by atoms with Crippen LogP contribution in [-0.4, -0.2) is 19.6 Å². The average molecular weight is 426 g/mol. The van der Waals surface area contributed by atoms with Crippen LogP contribution in [0.4, 0.5) is 0 Å². The molecule has 1 aromatic carbocycles. The number of rotatable bonds is 6. The molecule has 2 aromatic heterocycles. The zero-order chi connectivity index (χ0) is 22.5. The Morgan fingerprint density at radius 3 is 2.44 bits per heavy atom. The Bertz CT molecular complexity index is 1230. The Hall–Kier alpha value is -2.98. The Kier molecular flexibility index (Phi) is 5.13. The van der Waals surface area contributed by atoms with Crippen molar-refractivity contribution in [2.45, 2.75) is 58.1 Å². The molecule has 2 aliphatic rings. The van der Waals surface area contributed by atoms with Crippen molar-refractivity contribution in [1.82, 2.24) is 14.5 Å². The molecule has 1 fully saturated rings. The number of hydrogen-bond donors (Lipinski definition) is 1. The Labute approximate surface area is 190 Å². The second-order valence-corrected chi connectivity index (χ2v) is 9.50. The van der Waals surface area contributed by atoms with Gasteiger partial charge in [0.15, 0.2) is 5.65 Å². The Balaban J connectivity index is 1.57. The summed E-state index contributed by atoms with van der Waals surface area (Å²) in [6, 6.07) is 12.4. The number of hydrogen-bond acceptors (Lipinski definition) is 3. The lowest BCUT2D eigenvalue weighted by molar-refractivity contribution is 0.0786. The van der Waals surface area contributed by atoms with E-state index in [9.17, 15) is 5.11 Å². The predicted octanol–water partition coefficient (Wildman–Crippen LogP) is 6.28. The van der Waals surface area contributed by atoms with Crippen molar-refractivity contribution in [2.24, 2.45) is 5.92 Å². The Morgan fingerprint density at radius 2 is 1.81 bits per heavy atom. The van der Waals surface area contributed by atoms with Gasteiger partial charge >= 0.3 is 0 Å². The number of pyridine rings is 1. The third kappa shape index (κ3) is 3.63. The number of imidazole rings is 1. The zero-order valence-electron chi connectivity index (χ0n) is 19.2. The summed E-state index contributed by atoms with van der Waals surface area (Å²) >= 11 is 0. The molecule has 32 heavy (non-hydrogen) atoms. The largest absolute Gasteiger partial charge is 0.386 e. The van der Waals surface area contributed by atoms with Gasteiger partial charge in [-0.15, -0.1) is 0 Å². The van der Waals surface area contributed by atoms with Crippen molar-refractivity contribution in [1.29, 1.82) is 0 Å². The van der Waals surface area contributed by atoms with Crippen molar-refractivity contribution in [3.8, 4) is 11.3 Å². The standard InChI is InChI=1S/C28H31N3O/c1-5-7-22(21(6-2)18-8-9-18)25-16-17-26-29-24-15-14-23(30-27(24)31(25)26)19-10-12-20(13-11-19)28(3,4)32/h5-7,10-15,18,25,32H,1,8-9,16-17H2,2-4H3/b21-6-,22-7+. The normalized spacial score (nSPS) is 19.4. The summed E-state index contributed by atoms with van der Waals surface area (Å²) in [4.78, 5) is 9.98. The fourth-order valence-corrected chi connectivity index (χ4v) is 4.98. The summed E-state index contributed by atoms with van der Waals surface area (Å²) in [7, 11) is 0. The first-order valence-electron chi connectivity index (χ1n) is 11.6. The Morgan fingerprint density at radius 1 is 1.06 bits per heavy atom. The molecule has 5 rings (SSSR count). The van der Waals surface area contributed by atoms with Gasteiger partial charge in [-0.25, -0.2) is 9.97 Å². The van der Waals surface area contributed by atoms with Crippen molar-refractivity contribution in [3.63, 3.8) is 0 Å². The third-order valence-corrected chi connectivity index (χ3v) is 6.77. The smallest absolute Gasteiger partial charge is 0.161 e. The topological polar surface area (TPSA) is 50.9 Å². The van der Waals surface area contributed by atoms with E-state index in [-0.39, 0.29) is 6.04 Å². The van der Waals surface area contributed by atoms with Crippen molar-refractivity contribution in [3.05, 3.63) is 83.7 Å². The molecule has 1 unspecified atom stereocenters. The zero-order valence-corrected chi connectivity index (χ0v) is 19.2. The molecular formula is C28H31N3O. The van der Waals surface area contributed by atoms with Crippen LogP contribution in [0.3, 0.4) is 0 Å². The number of benzene rings is 1. The van der Waals surface area contributed by atoms with Crippen molar-refractivity contribution in [2.75, 3.05) is 0 Å². The van der Waals surface area contributed by atoms with Gasteiger partial charge in [-0.3, -0.25) is 0 Å². The van der Waals surface area contributed by atoms with Crippen LogP contribution >= 0.6 is 0 Å². The maximum atomic E-state index is 10.3. The van der Waals surface area contributed by atoms with Crippen LogP contribution in [0, 0.1) is 5.92 Å². The molecule has 3 aromatic rings. The molecule has 1 atom stereocenters. The lowest BCUT2D eigenvalue weighted by Crippen LogP contribution is -2.14. The van der Waals surface area contributed by atoms with Gasteiger partial charge in [0.2, 0.25) is 0 Å². The summed E-state index contributed by atoms with van der Waals surface area (Å²) in [5.74, 6) is 1.80. The van der Waals surface area contributed by atoms with Crippen LogP contribution in [0.1, 0.15) is 57.5 Å². The molecule has 0 radical (unpaired) electrons. The van der Waals surface area contributed by atoms with Crippen LogP contribution in [0.2, 0.25) is 0 Å². The lowest BCUT2D eigenvalue weighted by atomic mass is 9.92. The molecule has 4 nitrogen and oxygen atoms in total. The van der Waals surface area contributed by atoms with Gasteiger partial charge in [0.25, 0.3) is 0 Å². The summed E-state index contributed by atoms with van der Waals surface area (Å²) in [5.41, 5.74) is 6.74. The van der Waals surface area contributed by atoms with E-state index in [1.165, 1.54) is 24.0 Å². The van der Waals surface area contributed by atoms with E-state index in [1.807, 2.05) is 36.4 Å². The van der Waals surface area contributed by atoms with E-state index in [4.69, 9.17) is 9.97 Å². The summed E-state index contributed by atoms with van der Waals surface area (Å²) in [6.45, 7) is 9.75. The molecule has 0 amide bonds. The highest BCUT2D eigenvalue weighted by atomic mass is 16.3. The summed E-state index contributed by atoms with van der Waals surface area (Å²) in [5, 5.41) is 10.3. The van der Waals surface area contributed by atoms with E-state index >= 15 is 0 Å². The van der Waals surface area contributed by atoms with E-state index in [0.29, 0.717) is 5.92 Å². The molecule has 1 saturated carbocycles. The van der Waals surface area contributed by atoms with E-state index < -0.39 is 5.60 Å². The second-order valence-electron chi connectivity index (χ2n) is 9.50. The van der Waals surface area contributed by atoms with Crippen LogP contribution in [0.25, 0.3) is 22.4 Å². The van der Waals surface area contributed by atoms with E-state index in [1.54, 1.807) is 13.8 Å². The number of allylic oxidation sites excluding steroid dienone is 5. The number of aromatic nitrogens is 3. The first-order valence-corrected chi connectivity index (χ1v) is 11.6. The SMILES string of the molecule is C=C/C=C(\C(=C/C)C1CC1)C1CCc2nc3ccc(-c4ccc(C(C)(C)O)cc4)nc3n21. The minimum atomic E-state index is -0.852. The molecule has 164 valence electrons. The molecule has 1 aliphatic carbocycles. The maximum absolute atomic E-state index is 10.3. The highest BCUT2D eigenvalue weighted by Crippen LogP contribution is 2.46. The van der Waals surface area contributed by atoms with Crippen molar-refractivity contribution >= 4 is 11.2 Å². The molecule has 1 aliphatic heterocycles. The van der Waals surface area contributed by atoms with Gasteiger partial charge in [-0.1, -0.05) is 49.1 Å². The van der Waals surface area contributed by atoms with Crippen LogP contribution in [0.5, 0.6) is 0 Å². The molecule has 0 bridgehead atoms. The predicted molar refractivity (Wildman–Crippen MR) is 130 cm³/mol. The van der Waals surface area contributed by atoms with E-state index in [0.717, 1.165) is 46.7 Å². The fraction of sp³-hybridized carbons (Fsp3) is 0.357. The van der Waals surface area contributed by atoms with Gasteiger partial charge in [0.1, 0.15) is 11.3 Å².